The van der Waals surface area contributed by atoms with Crippen molar-refractivity contribution in [2.75, 3.05) is 11.1 Å². The van der Waals surface area contributed by atoms with Gasteiger partial charge in [-0.15, -0.1) is 21.5 Å². The molecule has 0 unspecified atom stereocenters. The third kappa shape index (κ3) is 3.33. The van der Waals surface area contributed by atoms with Crippen molar-refractivity contribution in [1.29, 1.82) is 0 Å². The largest absolute Gasteiger partial charge is 0.325 e. The number of benzene rings is 1. The SMILES string of the molecule is CCn1c(=O)c2sccc2n2c(SCC(=O)Nc3cccc(Cl)c3)nnc12. The third-order valence-electron chi connectivity index (χ3n) is 3.94. The van der Waals surface area contributed by atoms with Crippen LogP contribution in [-0.4, -0.2) is 30.8 Å². The lowest BCUT2D eigenvalue weighted by Crippen LogP contribution is -2.21. The lowest BCUT2D eigenvalue weighted by molar-refractivity contribution is -0.113. The van der Waals surface area contributed by atoms with Gasteiger partial charge in [0.05, 0.1) is 11.3 Å². The van der Waals surface area contributed by atoms with Gasteiger partial charge in [-0.2, -0.15) is 0 Å². The van der Waals surface area contributed by atoms with E-state index in [1.165, 1.54) is 23.1 Å². The Morgan fingerprint density at radius 1 is 1.33 bits per heavy atom. The number of rotatable bonds is 5. The van der Waals surface area contributed by atoms with Crippen LogP contribution in [0.2, 0.25) is 5.02 Å². The molecule has 0 bridgehead atoms. The van der Waals surface area contributed by atoms with Crippen molar-refractivity contribution in [2.24, 2.45) is 0 Å². The molecule has 3 heterocycles. The number of nitrogens with zero attached hydrogens (tertiary/aromatic N) is 4. The molecule has 4 aromatic rings. The molecule has 138 valence electrons. The monoisotopic (exact) mass is 419 g/mol. The number of hydrogen-bond acceptors (Lipinski definition) is 6. The van der Waals surface area contributed by atoms with Crippen LogP contribution in [0.3, 0.4) is 0 Å². The Morgan fingerprint density at radius 2 is 2.19 bits per heavy atom. The van der Waals surface area contributed by atoms with E-state index in [0.29, 0.717) is 32.9 Å². The van der Waals surface area contributed by atoms with Gasteiger partial charge < -0.3 is 5.32 Å². The number of fused-ring (bicyclic) bond motifs is 3. The number of aromatic nitrogens is 4. The minimum Gasteiger partial charge on any atom is -0.325 e. The van der Waals surface area contributed by atoms with Crippen molar-refractivity contribution in [1.82, 2.24) is 19.2 Å². The first kappa shape index (κ1) is 18.0. The number of thioether (sulfide) groups is 1. The highest BCUT2D eigenvalue weighted by atomic mass is 35.5. The summed E-state index contributed by atoms with van der Waals surface area (Å²) in [6, 6.07) is 8.84. The number of hydrogen-bond donors (Lipinski definition) is 1. The zero-order chi connectivity index (χ0) is 19.0. The molecule has 0 saturated carbocycles. The zero-order valence-electron chi connectivity index (χ0n) is 14.2. The van der Waals surface area contributed by atoms with Crippen LogP contribution in [0.5, 0.6) is 0 Å². The molecule has 1 aromatic carbocycles. The molecule has 1 N–H and O–H groups in total. The summed E-state index contributed by atoms with van der Waals surface area (Å²) in [4.78, 5) is 24.8. The standard InChI is InChI=1S/C17H14ClN5O2S2/c1-2-22-15(25)14-12(6-7-26-14)23-16(22)20-21-17(23)27-9-13(24)19-11-5-3-4-10(18)8-11/h3-8H,2,9H2,1H3,(H,19,24). The minimum absolute atomic E-state index is 0.0716. The second-order valence-corrected chi connectivity index (χ2v) is 7.94. The minimum atomic E-state index is -0.176. The lowest BCUT2D eigenvalue weighted by atomic mass is 10.3. The summed E-state index contributed by atoms with van der Waals surface area (Å²) in [6.07, 6.45) is 0. The van der Waals surface area contributed by atoms with Crippen LogP contribution in [0, 0.1) is 0 Å². The van der Waals surface area contributed by atoms with Gasteiger partial charge in [0.25, 0.3) is 5.56 Å². The Morgan fingerprint density at radius 3 is 2.96 bits per heavy atom. The summed E-state index contributed by atoms with van der Waals surface area (Å²) in [5, 5.41) is 14.1. The lowest BCUT2D eigenvalue weighted by Gasteiger charge is -2.07. The first-order valence-electron chi connectivity index (χ1n) is 8.12. The molecule has 0 aliphatic carbocycles. The maximum atomic E-state index is 12.6. The first-order chi connectivity index (χ1) is 13.1. The predicted octanol–water partition coefficient (Wildman–Crippen LogP) is 3.51. The predicted molar refractivity (Wildman–Crippen MR) is 109 cm³/mol. The van der Waals surface area contributed by atoms with Gasteiger partial charge in [-0.25, -0.2) is 0 Å². The molecule has 1 amide bonds. The van der Waals surface area contributed by atoms with Gasteiger partial charge in [0.1, 0.15) is 4.70 Å². The maximum Gasteiger partial charge on any atom is 0.272 e. The summed E-state index contributed by atoms with van der Waals surface area (Å²) >= 11 is 8.59. The van der Waals surface area contributed by atoms with Crippen molar-refractivity contribution in [2.45, 2.75) is 18.6 Å². The number of carbonyl (C=O) groups is 1. The van der Waals surface area contributed by atoms with E-state index >= 15 is 0 Å². The van der Waals surface area contributed by atoms with E-state index in [9.17, 15) is 9.59 Å². The highest BCUT2D eigenvalue weighted by molar-refractivity contribution is 7.99. The highest BCUT2D eigenvalue weighted by Gasteiger charge is 2.17. The van der Waals surface area contributed by atoms with Crippen molar-refractivity contribution in [3.63, 3.8) is 0 Å². The Hall–Kier alpha value is -2.36. The molecule has 3 aromatic heterocycles. The van der Waals surface area contributed by atoms with Crippen LogP contribution >= 0.6 is 34.7 Å². The van der Waals surface area contributed by atoms with Crippen LogP contribution in [0.25, 0.3) is 16.0 Å². The van der Waals surface area contributed by atoms with Crippen molar-refractivity contribution >= 4 is 62.3 Å². The zero-order valence-corrected chi connectivity index (χ0v) is 16.6. The van der Waals surface area contributed by atoms with Crippen LogP contribution in [0.15, 0.2) is 45.7 Å². The molecule has 4 rings (SSSR count). The summed E-state index contributed by atoms with van der Waals surface area (Å²) in [5.41, 5.74) is 1.32. The van der Waals surface area contributed by atoms with E-state index in [2.05, 4.69) is 15.5 Å². The van der Waals surface area contributed by atoms with E-state index in [-0.39, 0.29) is 17.2 Å². The molecular formula is C17H14ClN5O2S2. The number of carbonyl (C=O) groups excluding carboxylic acids is 1. The number of thiophene rings is 1. The van der Waals surface area contributed by atoms with Crippen LogP contribution in [-0.2, 0) is 11.3 Å². The topological polar surface area (TPSA) is 81.3 Å². The molecule has 0 aliphatic rings. The highest BCUT2D eigenvalue weighted by Crippen LogP contribution is 2.24. The Kier molecular flexibility index (Phi) is 4.90. The Labute approximate surface area is 167 Å². The molecule has 0 saturated heterocycles. The first-order valence-corrected chi connectivity index (χ1v) is 10.4. The Balaban J connectivity index is 1.62. The summed E-state index contributed by atoms with van der Waals surface area (Å²) in [7, 11) is 0. The third-order valence-corrected chi connectivity index (χ3v) is 6.00. The maximum absolute atomic E-state index is 12.6. The van der Waals surface area contributed by atoms with Crippen molar-refractivity contribution in [3.05, 3.63) is 51.1 Å². The van der Waals surface area contributed by atoms with Crippen LogP contribution in [0.1, 0.15) is 6.92 Å². The molecule has 0 aliphatic heterocycles. The molecular weight excluding hydrogens is 406 g/mol. The molecule has 27 heavy (non-hydrogen) atoms. The fraction of sp³-hybridized carbons (Fsp3) is 0.176. The van der Waals surface area contributed by atoms with Gasteiger partial charge in [0.15, 0.2) is 5.16 Å². The van der Waals surface area contributed by atoms with E-state index in [1.54, 1.807) is 28.8 Å². The normalized spacial score (nSPS) is 11.3. The molecule has 10 heteroatoms. The smallest absolute Gasteiger partial charge is 0.272 e. The average molecular weight is 420 g/mol. The van der Waals surface area contributed by atoms with E-state index in [1.807, 2.05) is 22.8 Å². The number of aryl methyl sites for hydroxylation is 1. The summed E-state index contributed by atoms with van der Waals surface area (Å²) < 4.78 is 4.06. The van der Waals surface area contributed by atoms with E-state index in [0.717, 1.165) is 5.52 Å². The molecule has 0 fully saturated rings. The fourth-order valence-corrected chi connectivity index (χ4v) is 4.53. The summed E-state index contributed by atoms with van der Waals surface area (Å²) in [6.45, 7) is 2.38. The van der Waals surface area contributed by atoms with Gasteiger partial charge in [0, 0.05) is 17.3 Å². The van der Waals surface area contributed by atoms with E-state index < -0.39 is 0 Å². The molecule has 0 spiro atoms. The summed E-state index contributed by atoms with van der Waals surface area (Å²) in [5.74, 6) is 0.458. The van der Waals surface area contributed by atoms with Gasteiger partial charge in [-0.05, 0) is 36.6 Å². The molecule has 0 radical (unpaired) electrons. The second-order valence-electron chi connectivity index (χ2n) is 5.65. The fourth-order valence-electron chi connectivity index (χ4n) is 2.77. The van der Waals surface area contributed by atoms with Gasteiger partial charge in [0.2, 0.25) is 11.7 Å². The number of anilines is 1. The van der Waals surface area contributed by atoms with E-state index in [4.69, 9.17) is 11.6 Å². The van der Waals surface area contributed by atoms with Crippen molar-refractivity contribution < 1.29 is 4.79 Å². The second kappa shape index (κ2) is 7.34. The number of halogens is 1. The van der Waals surface area contributed by atoms with Crippen LogP contribution in [0.4, 0.5) is 5.69 Å². The van der Waals surface area contributed by atoms with Crippen LogP contribution < -0.4 is 10.9 Å². The average Bonchev–Trinajstić information content (AvgIpc) is 3.27. The Bertz CT molecular complexity index is 1210. The quantitative estimate of drug-likeness (QED) is 0.500. The number of amides is 1. The van der Waals surface area contributed by atoms with Gasteiger partial charge in [-0.1, -0.05) is 29.4 Å². The van der Waals surface area contributed by atoms with Gasteiger partial charge >= 0.3 is 0 Å². The number of nitrogens with one attached hydrogen (secondary N) is 1. The van der Waals surface area contributed by atoms with Gasteiger partial charge in [-0.3, -0.25) is 18.6 Å². The van der Waals surface area contributed by atoms with Crippen molar-refractivity contribution in [3.8, 4) is 0 Å². The molecule has 0 atom stereocenters. The molecule has 7 nitrogen and oxygen atoms in total.